The lowest BCUT2D eigenvalue weighted by atomic mass is 10.1. The maximum absolute atomic E-state index is 13.0. The van der Waals surface area contributed by atoms with E-state index in [1.165, 1.54) is 12.5 Å². The number of methoxy groups -OCH3 is 1. The van der Waals surface area contributed by atoms with Crippen molar-refractivity contribution in [2.75, 3.05) is 39.9 Å². The van der Waals surface area contributed by atoms with Gasteiger partial charge in [-0.15, -0.1) is 0 Å². The van der Waals surface area contributed by atoms with Crippen molar-refractivity contribution in [3.05, 3.63) is 83.1 Å². The van der Waals surface area contributed by atoms with Crippen molar-refractivity contribution >= 4 is 22.8 Å². The van der Waals surface area contributed by atoms with Gasteiger partial charge in [0.05, 0.1) is 24.3 Å². The Labute approximate surface area is 206 Å². The van der Waals surface area contributed by atoms with Crippen LogP contribution >= 0.6 is 0 Å². The molecule has 0 aliphatic carbocycles. The van der Waals surface area contributed by atoms with Crippen molar-refractivity contribution in [1.82, 2.24) is 9.80 Å². The number of carbonyl (C=O) groups is 2. The van der Waals surface area contributed by atoms with Gasteiger partial charge in [-0.3, -0.25) is 14.4 Å². The molecule has 5 rings (SSSR count). The van der Waals surface area contributed by atoms with E-state index in [0.29, 0.717) is 54.2 Å². The van der Waals surface area contributed by atoms with E-state index in [0.717, 1.165) is 5.56 Å². The molecule has 3 heterocycles. The second kappa shape index (κ2) is 9.99. The Morgan fingerprint density at radius 2 is 1.64 bits per heavy atom. The van der Waals surface area contributed by atoms with E-state index in [1.807, 2.05) is 0 Å². The van der Waals surface area contributed by atoms with E-state index in [9.17, 15) is 14.4 Å². The molecule has 0 unspecified atom stereocenters. The zero-order chi connectivity index (χ0) is 25.1. The molecule has 1 aliphatic heterocycles. The molecule has 1 aliphatic rings. The normalized spacial score (nSPS) is 13.6. The smallest absolute Gasteiger partial charge is 0.289 e. The number of nitrogens with zero attached hydrogens (tertiary/aromatic N) is 2. The van der Waals surface area contributed by atoms with Crippen LogP contribution in [0.25, 0.3) is 22.1 Å². The molecule has 0 saturated carbocycles. The van der Waals surface area contributed by atoms with E-state index in [2.05, 4.69) is 0 Å². The van der Waals surface area contributed by atoms with Crippen LogP contribution in [0.2, 0.25) is 0 Å². The van der Waals surface area contributed by atoms with Crippen molar-refractivity contribution in [2.45, 2.75) is 0 Å². The van der Waals surface area contributed by atoms with Crippen molar-refractivity contribution in [3.63, 3.8) is 0 Å². The van der Waals surface area contributed by atoms with Gasteiger partial charge in [0.25, 0.3) is 11.8 Å². The van der Waals surface area contributed by atoms with Crippen molar-refractivity contribution in [3.8, 4) is 22.6 Å². The molecule has 2 amide bonds. The monoisotopic (exact) mass is 488 g/mol. The van der Waals surface area contributed by atoms with E-state index >= 15 is 0 Å². The Morgan fingerprint density at radius 1 is 0.917 bits per heavy atom. The maximum atomic E-state index is 13.0. The fraction of sp³-hybridized carbons (Fsp3) is 0.222. The summed E-state index contributed by atoms with van der Waals surface area (Å²) >= 11 is 0. The zero-order valence-corrected chi connectivity index (χ0v) is 19.6. The van der Waals surface area contributed by atoms with Crippen LogP contribution in [-0.4, -0.2) is 61.5 Å². The molecule has 184 valence electrons. The number of furan rings is 1. The number of benzene rings is 2. The summed E-state index contributed by atoms with van der Waals surface area (Å²) in [7, 11) is 1.58. The molecular weight excluding hydrogens is 464 g/mol. The molecule has 0 N–H and O–H groups in total. The number of piperazine rings is 1. The Hall–Kier alpha value is -4.53. The van der Waals surface area contributed by atoms with Crippen LogP contribution in [0.4, 0.5) is 0 Å². The summed E-state index contributed by atoms with van der Waals surface area (Å²) in [5, 5.41) is 0.416. The first-order valence-corrected chi connectivity index (χ1v) is 11.5. The van der Waals surface area contributed by atoms with Crippen LogP contribution in [0.1, 0.15) is 10.6 Å². The van der Waals surface area contributed by atoms with Crippen LogP contribution in [0, 0.1) is 0 Å². The number of ether oxygens (including phenoxy) is 2. The quantitative estimate of drug-likeness (QED) is 0.410. The van der Waals surface area contributed by atoms with Crippen molar-refractivity contribution < 1.29 is 27.9 Å². The minimum Gasteiger partial charge on any atom is -0.497 e. The van der Waals surface area contributed by atoms with Gasteiger partial charge in [0.2, 0.25) is 0 Å². The van der Waals surface area contributed by atoms with Gasteiger partial charge in [0, 0.05) is 32.2 Å². The minimum atomic E-state index is -0.184. The Morgan fingerprint density at radius 3 is 2.33 bits per heavy atom. The molecule has 0 radical (unpaired) electrons. The molecular formula is C27H24N2O7. The molecule has 2 aromatic carbocycles. The lowest BCUT2D eigenvalue weighted by Gasteiger charge is -2.34. The number of hydrogen-bond donors (Lipinski definition) is 0. The lowest BCUT2D eigenvalue weighted by molar-refractivity contribution is -0.134. The molecule has 2 aromatic heterocycles. The molecule has 9 heteroatoms. The summed E-state index contributed by atoms with van der Waals surface area (Å²) in [5.74, 6) is 1.04. The highest BCUT2D eigenvalue weighted by molar-refractivity contribution is 5.91. The second-order valence-corrected chi connectivity index (χ2v) is 8.30. The molecule has 9 nitrogen and oxygen atoms in total. The summed E-state index contributed by atoms with van der Waals surface area (Å²) in [6, 6.07) is 15.3. The first kappa shape index (κ1) is 23.2. The van der Waals surface area contributed by atoms with E-state index < -0.39 is 0 Å². The summed E-state index contributed by atoms with van der Waals surface area (Å²) in [5.41, 5.74) is 1.38. The van der Waals surface area contributed by atoms with Crippen LogP contribution in [-0.2, 0) is 4.79 Å². The van der Waals surface area contributed by atoms with E-state index in [1.54, 1.807) is 71.5 Å². The van der Waals surface area contributed by atoms with Gasteiger partial charge >= 0.3 is 0 Å². The first-order valence-electron chi connectivity index (χ1n) is 11.5. The van der Waals surface area contributed by atoms with Gasteiger partial charge in [0.1, 0.15) is 23.3 Å². The summed E-state index contributed by atoms with van der Waals surface area (Å²) in [6.45, 7) is 1.50. The third kappa shape index (κ3) is 4.68. The van der Waals surface area contributed by atoms with E-state index in [-0.39, 0.29) is 29.6 Å². The Bertz CT molecular complexity index is 1430. The SMILES string of the molecule is COc1ccc(-c2coc3cc(OCC(=O)N4CCN(C(=O)c5ccco5)CC4)ccc3c2=O)cc1. The fourth-order valence-electron chi connectivity index (χ4n) is 4.12. The highest BCUT2D eigenvalue weighted by atomic mass is 16.5. The van der Waals surface area contributed by atoms with Gasteiger partial charge in [-0.05, 0) is 42.0 Å². The van der Waals surface area contributed by atoms with Gasteiger partial charge in [-0.1, -0.05) is 12.1 Å². The number of fused-ring (bicyclic) bond motifs is 1. The number of hydrogen-bond acceptors (Lipinski definition) is 7. The Kier molecular flexibility index (Phi) is 6.44. The summed E-state index contributed by atoms with van der Waals surface area (Å²) in [6.07, 6.45) is 2.88. The number of carbonyl (C=O) groups excluding carboxylic acids is 2. The predicted octanol–water partition coefficient (Wildman–Crippen LogP) is 3.43. The standard InChI is InChI=1S/C27H24N2O7/c1-33-19-6-4-18(5-7-19)22-16-36-24-15-20(8-9-21(24)26(22)31)35-17-25(30)28-10-12-29(13-11-28)27(32)23-3-2-14-34-23/h2-9,14-16H,10-13,17H2,1H3. The molecule has 0 spiro atoms. The Balaban J connectivity index is 1.20. The van der Waals surface area contributed by atoms with E-state index in [4.69, 9.17) is 18.3 Å². The molecule has 1 fully saturated rings. The second-order valence-electron chi connectivity index (χ2n) is 8.30. The van der Waals surface area contributed by atoms with Crippen LogP contribution < -0.4 is 14.9 Å². The molecule has 0 bridgehead atoms. The van der Waals surface area contributed by atoms with Crippen LogP contribution in [0.15, 0.2) is 80.8 Å². The van der Waals surface area contributed by atoms with Gasteiger partial charge in [-0.2, -0.15) is 0 Å². The van der Waals surface area contributed by atoms with Gasteiger partial charge in [-0.25, -0.2) is 0 Å². The maximum Gasteiger partial charge on any atom is 0.289 e. The average molecular weight is 488 g/mol. The number of rotatable bonds is 6. The molecule has 36 heavy (non-hydrogen) atoms. The van der Waals surface area contributed by atoms with Crippen LogP contribution in [0.3, 0.4) is 0 Å². The fourth-order valence-corrected chi connectivity index (χ4v) is 4.12. The first-order chi connectivity index (χ1) is 17.5. The number of amides is 2. The highest BCUT2D eigenvalue weighted by Crippen LogP contribution is 2.24. The van der Waals surface area contributed by atoms with Crippen molar-refractivity contribution in [1.29, 1.82) is 0 Å². The van der Waals surface area contributed by atoms with Crippen LogP contribution in [0.5, 0.6) is 11.5 Å². The van der Waals surface area contributed by atoms with Gasteiger partial charge < -0.3 is 28.1 Å². The lowest BCUT2D eigenvalue weighted by Crippen LogP contribution is -2.51. The third-order valence-electron chi connectivity index (χ3n) is 6.16. The average Bonchev–Trinajstić information content (AvgIpc) is 3.47. The van der Waals surface area contributed by atoms with Gasteiger partial charge in [0.15, 0.2) is 17.8 Å². The predicted molar refractivity (Wildman–Crippen MR) is 131 cm³/mol. The molecule has 4 aromatic rings. The molecule has 0 atom stereocenters. The highest BCUT2D eigenvalue weighted by Gasteiger charge is 2.26. The third-order valence-corrected chi connectivity index (χ3v) is 6.16. The van der Waals surface area contributed by atoms with Crippen molar-refractivity contribution in [2.24, 2.45) is 0 Å². The summed E-state index contributed by atoms with van der Waals surface area (Å²) in [4.78, 5) is 41.3. The largest absolute Gasteiger partial charge is 0.497 e. The minimum absolute atomic E-state index is 0.161. The zero-order valence-electron chi connectivity index (χ0n) is 19.6. The molecule has 1 saturated heterocycles. The summed E-state index contributed by atoms with van der Waals surface area (Å²) < 4.78 is 21.7. The topological polar surface area (TPSA) is 102 Å².